The fourth-order valence-electron chi connectivity index (χ4n) is 2.26. The summed E-state index contributed by atoms with van der Waals surface area (Å²) in [4.78, 5) is 10.6. The van der Waals surface area contributed by atoms with E-state index in [2.05, 4.69) is 15.9 Å². The molecule has 1 N–H and O–H groups in total. The van der Waals surface area contributed by atoms with E-state index in [0.29, 0.717) is 17.3 Å². The lowest BCUT2D eigenvalue weighted by Crippen LogP contribution is -2.13. The summed E-state index contributed by atoms with van der Waals surface area (Å²) in [6, 6.07) is 6.91. The molecule has 0 saturated heterocycles. The van der Waals surface area contributed by atoms with Crippen molar-refractivity contribution in [1.82, 2.24) is 0 Å². The summed E-state index contributed by atoms with van der Waals surface area (Å²) >= 11 is 3.36. The van der Waals surface area contributed by atoms with Gasteiger partial charge < -0.3 is 18.5 Å². The van der Waals surface area contributed by atoms with Crippen LogP contribution in [0.1, 0.15) is 50.6 Å². The molecule has 1 aromatic rings. The predicted octanol–water partition coefficient (Wildman–Crippen LogP) is 5.85. The van der Waals surface area contributed by atoms with Crippen molar-refractivity contribution < 1.29 is 27.6 Å². The second-order valence-electron chi connectivity index (χ2n) is 5.51. The molecule has 144 valence electrons. The van der Waals surface area contributed by atoms with Gasteiger partial charge in [0.15, 0.2) is 5.40 Å². The van der Waals surface area contributed by atoms with Crippen LogP contribution in [0.2, 0.25) is 0 Å². The molecular formula is C16H27BrO6P2. The van der Waals surface area contributed by atoms with Crippen LogP contribution in [0.15, 0.2) is 24.3 Å². The van der Waals surface area contributed by atoms with Gasteiger partial charge in [0.2, 0.25) is 0 Å². The normalized spacial score (nSPS) is 17.0. The monoisotopic (exact) mass is 456 g/mol. The maximum atomic E-state index is 13.3. The standard InChI is InChI=1S/C16H27BrO6P2/c1-5-13(4)23-24(18,19)16(25(20,21-6-2)22-7-3)15-10-8-14(12-17)9-11-15/h8-11,13,16H,5-7,12H2,1-4H3,(H,18,19). The van der Waals surface area contributed by atoms with Gasteiger partial charge in [-0.1, -0.05) is 47.1 Å². The lowest BCUT2D eigenvalue weighted by atomic mass is 10.2. The molecule has 9 heteroatoms. The largest absolute Gasteiger partial charge is 0.350 e. The first-order valence-electron chi connectivity index (χ1n) is 8.28. The number of hydrogen-bond acceptors (Lipinski definition) is 5. The van der Waals surface area contributed by atoms with Crippen LogP contribution in [0.3, 0.4) is 0 Å². The third-order valence-electron chi connectivity index (χ3n) is 3.56. The minimum atomic E-state index is -4.33. The Labute approximate surface area is 158 Å². The zero-order valence-corrected chi connectivity index (χ0v) is 18.4. The van der Waals surface area contributed by atoms with Crippen molar-refractivity contribution in [1.29, 1.82) is 0 Å². The predicted molar refractivity (Wildman–Crippen MR) is 103 cm³/mol. The van der Waals surface area contributed by atoms with E-state index in [9.17, 15) is 14.0 Å². The molecule has 0 amide bonds. The Morgan fingerprint density at radius 2 is 1.60 bits per heavy atom. The molecule has 1 rings (SSSR count). The number of hydrogen-bond donors (Lipinski definition) is 1. The summed E-state index contributed by atoms with van der Waals surface area (Å²) in [7, 11) is -8.24. The van der Waals surface area contributed by atoms with Gasteiger partial charge >= 0.3 is 15.2 Å². The van der Waals surface area contributed by atoms with Crippen LogP contribution in [-0.2, 0) is 28.0 Å². The molecule has 3 unspecified atom stereocenters. The van der Waals surface area contributed by atoms with Gasteiger partial charge in [0, 0.05) is 5.33 Å². The Kier molecular flexibility index (Phi) is 9.55. The number of benzene rings is 1. The molecule has 6 nitrogen and oxygen atoms in total. The molecule has 0 bridgehead atoms. The van der Waals surface area contributed by atoms with Crippen LogP contribution in [0.4, 0.5) is 0 Å². The molecule has 0 fully saturated rings. The molecule has 0 aliphatic heterocycles. The van der Waals surface area contributed by atoms with E-state index in [4.69, 9.17) is 13.6 Å². The average molecular weight is 457 g/mol. The Morgan fingerprint density at radius 1 is 1.08 bits per heavy atom. The van der Waals surface area contributed by atoms with Crippen LogP contribution in [-0.4, -0.2) is 24.2 Å². The maximum Gasteiger partial charge on any atom is 0.350 e. The highest BCUT2D eigenvalue weighted by molar-refractivity contribution is 9.08. The fraction of sp³-hybridized carbons (Fsp3) is 0.625. The Hall–Kier alpha value is -0.0000000000000000416. The van der Waals surface area contributed by atoms with Crippen molar-refractivity contribution in [3.8, 4) is 0 Å². The highest BCUT2D eigenvalue weighted by atomic mass is 79.9. The zero-order valence-electron chi connectivity index (χ0n) is 15.1. The summed E-state index contributed by atoms with van der Waals surface area (Å²) < 4.78 is 42.4. The van der Waals surface area contributed by atoms with Crippen molar-refractivity contribution in [3.05, 3.63) is 35.4 Å². The van der Waals surface area contributed by atoms with Gasteiger partial charge in [-0.25, -0.2) is 0 Å². The lowest BCUT2D eigenvalue weighted by molar-refractivity contribution is 0.175. The Bertz CT molecular complexity index is 612. The highest BCUT2D eigenvalue weighted by Crippen LogP contribution is 2.76. The molecular weight excluding hydrogens is 430 g/mol. The summed E-state index contributed by atoms with van der Waals surface area (Å²) in [6.07, 6.45) is 0.0877. The molecule has 0 radical (unpaired) electrons. The molecule has 0 saturated carbocycles. The van der Waals surface area contributed by atoms with Gasteiger partial charge in [0.1, 0.15) is 0 Å². The van der Waals surface area contributed by atoms with Crippen LogP contribution in [0.25, 0.3) is 0 Å². The van der Waals surface area contributed by atoms with Gasteiger partial charge in [-0.2, -0.15) is 0 Å². The molecule has 0 spiro atoms. The van der Waals surface area contributed by atoms with Gasteiger partial charge in [0.05, 0.1) is 19.3 Å². The summed E-state index contributed by atoms with van der Waals surface area (Å²) in [5.41, 5.74) is 1.38. The first kappa shape index (κ1) is 23.0. The highest BCUT2D eigenvalue weighted by Gasteiger charge is 2.50. The van der Waals surface area contributed by atoms with E-state index in [1.807, 2.05) is 6.92 Å². The van der Waals surface area contributed by atoms with Crippen molar-refractivity contribution in [2.24, 2.45) is 0 Å². The van der Waals surface area contributed by atoms with E-state index < -0.39 is 26.7 Å². The van der Waals surface area contributed by atoms with Crippen molar-refractivity contribution in [2.75, 3.05) is 13.2 Å². The van der Waals surface area contributed by atoms with Crippen molar-refractivity contribution in [3.63, 3.8) is 0 Å². The van der Waals surface area contributed by atoms with E-state index in [1.165, 1.54) is 0 Å². The van der Waals surface area contributed by atoms with Gasteiger partial charge in [-0.3, -0.25) is 9.13 Å². The zero-order chi connectivity index (χ0) is 19.1. The first-order valence-corrected chi connectivity index (χ1v) is 12.7. The molecule has 0 aliphatic carbocycles. The molecule has 0 aromatic heterocycles. The van der Waals surface area contributed by atoms with Crippen LogP contribution < -0.4 is 0 Å². The third-order valence-corrected chi connectivity index (χ3v) is 9.65. The van der Waals surface area contributed by atoms with Crippen LogP contribution in [0.5, 0.6) is 0 Å². The van der Waals surface area contributed by atoms with E-state index >= 15 is 0 Å². The molecule has 0 heterocycles. The molecule has 3 atom stereocenters. The van der Waals surface area contributed by atoms with Gasteiger partial charge in [-0.15, -0.1) is 0 Å². The molecule has 0 aliphatic rings. The lowest BCUT2D eigenvalue weighted by Gasteiger charge is -2.30. The third kappa shape index (κ3) is 6.28. The first-order chi connectivity index (χ1) is 11.7. The van der Waals surface area contributed by atoms with Crippen molar-refractivity contribution >= 4 is 31.1 Å². The average Bonchev–Trinajstić information content (AvgIpc) is 2.55. The summed E-state index contributed by atoms with van der Waals surface area (Å²) in [5.74, 6) is 0. The summed E-state index contributed by atoms with van der Waals surface area (Å²) in [5, 5.41) is -0.745. The smallest absolute Gasteiger partial charge is 0.323 e. The molecule has 25 heavy (non-hydrogen) atoms. The number of rotatable bonds is 11. The second-order valence-corrected chi connectivity index (χ2v) is 10.4. The maximum absolute atomic E-state index is 13.3. The van der Waals surface area contributed by atoms with Crippen molar-refractivity contribution in [2.45, 2.75) is 50.9 Å². The topological polar surface area (TPSA) is 82.1 Å². The van der Waals surface area contributed by atoms with E-state index in [1.54, 1.807) is 45.0 Å². The number of alkyl halides is 1. The Balaban J connectivity index is 3.43. The Morgan fingerprint density at radius 3 is 2.00 bits per heavy atom. The summed E-state index contributed by atoms with van der Waals surface area (Å²) in [6.45, 7) is 7.05. The van der Waals surface area contributed by atoms with Gasteiger partial charge in [-0.05, 0) is 38.3 Å². The second kappa shape index (κ2) is 10.4. The van der Waals surface area contributed by atoms with Crippen LogP contribution >= 0.6 is 31.1 Å². The minimum absolute atomic E-state index is 0.0938. The quantitative estimate of drug-likeness (QED) is 0.332. The van der Waals surface area contributed by atoms with E-state index in [0.717, 1.165) is 5.56 Å². The molecule has 1 aromatic carbocycles. The fourth-order valence-corrected chi connectivity index (χ4v) is 7.57. The van der Waals surface area contributed by atoms with Crippen LogP contribution in [0, 0.1) is 0 Å². The van der Waals surface area contributed by atoms with E-state index in [-0.39, 0.29) is 13.2 Å². The van der Waals surface area contributed by atoms with Gasteiger partial charge in [0.25, 0.3) is 0 Å². The number of halogens is 1. The SMILES string of the molecule is CCOP(=O)(OCC)C(c1ccc(CBr)cc1)P(=O)(O)OC(C)CC. The minimum Gasteiger partial charge on any atom is -0.323 e.